The molecular weight excluding hydrogens is 464 g/mol. The molecule has 0 saturated carbocycles. The number of rotatable bonds is 8. The number of hydrogen-bond donors (Lipinski definition) is 1. The van der Waals surface area contributed by atoms with E-state index in [0.717, 1.165) is 45.5 Å². The monoisotopic (exact) mass is 500 g/mol. The van der Waals surface area contributed by atoms with E-state index in [1.165, 1.54) is 6.92 Å². The highest BCUT2D eigenvalue weighted by Crippen LogP contribution is 2.38. The number of hydrogen-bond acceptors (Lipinski definition) is 6. The van der Waals surface area contributed by atoms with Crippen molar-refractivity contribution in [3.05, 3.63) is 81.4 Å². The number of aryl methyl sites for hydroxylation is 1. The molecule has 0 unspecified atom stereocenters. The van der Waals surface area contributed by atoms with Gasteiger partial charge in [0.15, 0.2) is 0 Å². The van der Waals surface area contributed by atoms with Gasteiger partial charge in [-0.1, -0.05) is 37.3 Å². The van der Waals surface area contributed by atoms with Crippen LogP contribution in [0.5, 0.6) is 0 Å². The molecule has 0 aliphatic carbocycles. The lowest BCUT2D eigenvalue weighted by Gasteiger charge is -2.20. The van der Waals surface area contributed by atoms with Gasteiger partial charge in [0, 0.05) is 26.7 Å². The molecule has 0 atom stereocenters. The van der Waals surface area contributed by atoms with Crippen molar-refractivity contribution in [1.29, 1.82) is 0 Å². The van der Waals surface area contributed by atoms with Crippen LogP contribution in [-0.4, -0.2) is 26.0 Å². The number of anilines is 2. The predicted molar refractivity (Wildman–Crippen MR) is 150 cm³/mol. The Morgan fingerprint density at radius 3 is 2.08 bits per heavy atom. The average Bonchev–Trinajstić information content (AvgIpc) is 2.87. The number of azo groups is 1. The molecule has 0 fully saturated rings. The van der Waals surface area contributed by atoms with Crippen LogP contribution >= 0.6 is 0 Å². The van der Waals surface area contributed by atoms with Gasteiger partial charge in [-0.15, -0.1) is 10.2 Å². The van der Waals surface area contributed by atoms with Crippen molar-refractivity contribution in [3.8, 4) is 0 Å². The van der Waals surface area contributed by atoms with Crippen LogP contribution in [0.4, 0.5) is 22.7 Å². The SMILES string of the molecule is CCc1cc(N=Nc2c(C)c(C)c(C(=O)OCc3ccccc3)c(C)c2C)c(NC(C)=O)cc1N(C)C. The van der Waals surface area contributed by atoms with E-state index in [-0.39, 0.29) is 18.5 Å². The van der Waals surface area contributed by atoms with Crippen LogP contribution in [0.3, 0.4) is 0 Å². The molecule has 0 spiro atoms. The summed E-state index contributed by atoms with van der Waals surface area (Å²) in [7, 11) is 3.94. The molecule has 3 aromatic rings. The molecule has 7 heteroatoms. The quantitative estimate of drug-likeness (QED) is 0.260. The molecule has 0 aromatic heterocycles. The number of carbonyl (C=O) groups excluding carboxylic acids is 2. The Hall–Kier alpha value is -4.00. The zero-order valence-electron chi connectivity index (χ0n) is 23.0. The molecular formula is C30H36N4O3. The van der Waals surface area contributed by atoms with Gasteiger partial charge in [-0.2, -0.15) is 0 Å². The van der Waals surface area contributed by atoms with Gasteiger partial charge in [0.05, 0.1) is 16.9 Å². The van der Waals surface area contributed by atoms with Crippen LogP contribution < -0.4 is 10.2 Å². The topological polar surface area (TPSA) is 83.4 Å². The first-order valence-electron chi connectivity index (χ1n) is 12.4. The summed E-state index contributed by atoms with van der Waals surface area (Å²) in [5.41, 5.74) is 8.86. The summed E-state index contributed by atoms with van der Waals surface area (Å²) in [4.78, 5) is 26.9. The summed E-state index contributed by atoms with van der Waals surface area (Å²) in [6, 6.07) is 13.5. The fourth-order valence-electron chi connectivity index (χ4n) is 4.34. The zero-order chi connectivity index (χ0) is 27.3. The van der Waals surface area contributed by atoms with Gasteiger partial charge in [0.1, 0.15) is 12.3 Å². The first-order valence-corrected chi connectivity index (χ1v) is 12.4. The first kappa shape index (κ1) is 27.6. The second-order valence-corrected chi connectivity index (χ2v) is 9.41. The minimum Gasteiger partial charge on any atom is -0.457 e. The number of nitrogens with one attached hydrogen (secondary N) is 1. The number of esters is 1. The Morgan fingerprint density at radius 1 is 0.919 bits per heavy atom. The summed E-state index contributed by atoms with van der Waals surface area (Å²) >= 11 is 0. The number of ether oxygens (including phenoxy) is 1. The molecule has 194 valence electrons. The summed E-state index contributed by atoms with van der Waals surface area (Å²) in [5, 5.41) is 12.1. The summed E-state index contributed by atoms with van der Waals surface area (Å²) in [5.74, 6) is -0.531. The van der Waals surface area contributed by atoms with Gasteiger partial charge in [-0.05, 0) is 79.6 Å². The Morgan fingerprint density at radius 2 is 1.54 bits per heavy atom. The Kier molecular flexibility index (Phi) is 8.81. The molecule has 7 nitrogen and oxygen atoms in total. The van der Waals surface area contributed by atoms with Crippen LogP contribution in [0.15, 0.2) is 52.7 Å². The fraction of sp³-hybridized carbons (Fsp3) is 0.333. The highest BCUT2D eigenvalue weighted by atomic mass is 16.5. The first-order chi connectivity index (χ1) is 17.5. The van der Waals surface area contributed by atoms with E-state index in [4.69, 9.17) is 4.74 Å². The Bertz CT molecular complexity index is 1320. The van der Waals surface area contributed by atoms with E-state index in [0.29, 0.717) is 22.6 Å². The third kappa shape index (κ3) is 6.23. The van der Waals surface area contributed by atoms with Crippen molar-refractivity contribution in [3.63, 3.8) is 0 Å². The van der Waals surface area contributed by atoms with Crippen LogP contribution in [-0.2, 0) is 22.6 Å². The van der Waals surface area contributed by atoms with E-state index in [1.807, 2.05) is 89.2 Å². The van der Waals surface area contributed by atoms with E-state index >= 15 is 0 Å². The van der Waals surface area contributed by atoms with Gasteiger partial charge in [-0.25, -0.2) is 4.79 Å². The second kappa shape index (κ2) is 11.8. The number of amides is 1. The highest BCUT2D eigenvalue weighted by molar-refractivity contribution is 5.95. The van der Waals surface area contributed by atoms with Gasteiger partial charge in [0.2, 0.25) is 5.91 Å². The maximum atomic E-state index is 13.0. The zero-order valence-corrected chi connectivity index (χ0v) is 23.0. The van der Waals surface area contributed by atoms with E-state index in [2.05, 4.69) is 22.5 Å². The molecule has 37 heavy (non-hydrogen) atoms. The highest BCUT2D eigenvalue weighted by Gasteiger charge is 2.21. The summed E-state index contributed by atoms with van der Waals surface area (Å²) in [6.07, 6.45) is 0.812. The number of carbonyl (C=O) groups is 2. The summed E-state index contributed by atoms with van der Waals surface area (Å²) < 4.78 is 5.63. The van der Waals surface area contributed by atoms with Crippen molar-refractivity contribution in [2.45, 2.75) is 54.6 Å². The molecule has 0 saturated heterocycles. The smallest absolute Gasteiger partial charge is 0.339 e. The molecule has 1 amide bonds. The largest absolute Gasteiger partial charge is 0.457 e. The molecule has 0 heterocycles. The maximum absolute atomic E-state index is 13.0. The van der Waals surface area contributed by atoms with Crippen LogP contribution in [0, 0.1) is 27.7 Å². The lowest BCUT2D eigenvalue weighted by molar-refractivity contribution is -0.114. The lowest BCUT2D eigenvalue weighted by Crippen LogP contribution is -2.13. The van der Waals surface area contributed by atoms with Crippen molar-refractivity contribution >= 4 is 34.6 Å². The van der Waals surface area contributed by atoms with E-state index < -0.39 is 0 Å². The third-order valence-electron chi connectivity index (χ3n) is 6.63. The predicted octanol–water partition coefficient (Wildman–Crippen LogP) is 7.28. The molecule has 0 aliphatic heterocycles. The van der Waals surface area contributed by atoms with Gasteiger partial charge in [-0.3, -0.25) is 4.79 Å². The normalized spacial score (nSPS) is 11.0. The van der Waals surface area contributed by atoms with Crippen LogP contribution in [0.2, 0.25) is 0 Å². The summed E-state index contributed by atoms with van der Waals surface area (Å²) in [6.45, 7) is 11.5. The number of nitrogens with zero attached hydrogens (tertiary/aromatic N) is 3. The molecule has 3 rings (SSSR count). The van der Waals surface area contributed by atoms with Gasteiger partial charge in [0.25, 0.3) is 0 Å². The minimum absolute atomic E-state index is 0.178. The van der Waals surface area contributed by atoms with Crippen molar-refractivity contribution in [2.75, 3.05) is 24.3 Å². The van der Waals surface area contributed by atoms with Crippen LogP contribution in [0.1, 0.15) is 57.6 Å². The van der Waals surface area contributed by atoms with Crippen molar-refractivity contribution < 1.29 is 14.3 Å². The van der Waals surface area contributed by atoms with Crippen LogP contribution in [0.25, 0.3) is 0 Å². The molecule has 0 radical (unpaired) electrons. The van der Waals surface area contributed by atoms with Gasteiger partial charge >= 0.3 is 5.97 Å². The molecule has 1 N–H and O–H groups in total. The standard InChI is InChI=1S/C30H36N4O3/c1-9-24-15-26(25(31-22(6)35)16-27(24)34(7)8)32-33-29-20(4)18(2)28(19(3)21(29)5)30(36)37-17-23-13-11-10-12-14-23/h10-16H,9,17H2,1-8H3,(H,31,35). The van der Waals surface area contributed by atoms with E-state index in [9.17, 15) is 9.59 Å². The molecule has 3 aromatic carbocycles. The third-order valence-corrected chi connectivity index (χ3v) is 6.63. The van der Waals surface area contributed by atoms with E-state index in [1.54, 1.807) is 0 Å². The second-order valence-electron chi connectivity index (χ2n) is 9.41. The molecule has 0 bridgehead atoms. The Balaban J connectivity index is 2.00. The number of benzene rings is 3. The van der Waals surface area contributed by atoms with Crippen molar-refractivity contribution in [2.24, 2.45) is 10.2 Å². The minimum atomic E-state index is -0.353. The van der Waals surface area contributed by atoms with Gasteiger partial charge < -0.3 is 15.0 Å². The average molecular weight is 501 g/mol. The fourth-order valence-corrected chi connectivity index (χ4v) is 4.34. The van der Waals surface area contributed by atoms with Crippen molar-refractivity contribution in [1.82, 2.24) is 0 Å². The maximum Gasteiger partial charge on any atom is 0.339 e. The molecule has 0 aliphatic rings. The lowest BCUT2D eigenvalue weighted by atomic mass is 9.92. The Labute approximate surface area is 219 Å².